The van der Waals surface area contributed by atoms with Crippen molar-refractivity contribution >= 4 is 11.8 Å². The summed E-state index contributed by atoms with van der Waals surface area (Å²) in [5.41, 5.74) is 1.23. The second-order valence-electron chi connectivity index (χ2n) is 2.00. The Balaban J connectivity index is 2.45. The van der Waals surface area contributed by atoms with E-state index in [1.54, 1.807) is 0 Å². The Morgan fingerprint density at radius 3 is 3.00 bits per heavy atom. The molecule has 1 nitrogen and oxygen atoms in total. The average molecular weight is 141 g/mol. The third-order valence-corrected chi connectivity index (χ3v) is 2.03. The van der Waals surface area contributed by atoms with Gasteiger partial charge in [0.25, 0.3) is 0 Å². The minimum Gasteiger partial charge on any atom is -0.373 e. The van der Waals surface area contributed by atoms with E-state index in [1.807, 2.05) is 24.8 Å². The number of allylic oxidation sites excluding steroid dienone is 2. The van der Waals surface area contributed by atoms with E-state index in [1.165, 1.54) is 5.70 Å². The van der Waals surface area contributed by atoms with Crippen LogP contribution in [0, 0.1) is 0 Å². The van der Waals surface area contributed by atoms with Crippen LogP contribution in [0.3, 0.4) is 0 Å². The Morgan fingerprint density at radius 2 is 2.56 bits per heavy atom. The molecular formula is C7H11NS. The second-order valence-corrected chi connectivity index (χ2v) is 3.21. The van der Waals surface area contributed by atoms with Gasteiger partial charge < -0.3 is 5.32 Å². The third-order valence-electron chi connectivity index (χ3n) is 1.12. The van der Waals surface area contributed by atoms with Gasteiger partial charge in [0, 0.05) is 5.70 Å². The highest BCUT2D eigenvalue weighted by Gasteiger charge is 2.07. The van der Waals surface area contributed by atoms with E-state index in [4.69, 9.17) is 0 Å². The van der Waals surface area contributed by atoms with Crippen LogP contribution in [0.25, 0.3) is 0 Å². The Bertz CT molecular complexity index is 149. The van der Waals surface area contributed by atoms with Gasteiger partial charge in [-0.15, -0.1) is 11.8 Å². The molecule has 1 aliphatic heterocycles. The molecule has 0 aromatic rings. The molecule has 0 aliphatic carbocycles. The van der Waals surface area contributed by atoms with Crippen molar-refractivity contribution in [3.8, 4) is 0 Å². The second kappa shape index (κ2) is 2.97. The minimum absolute atomic E-state index is 0.552. The first kappa shape index (κ1) is 6.75. The van der Waals surface area contributed by atoms with Gasteiger partial charge in [-0.2, -0.15) is 0 Å². The lowest BCUT2D eigenvalue weighted by Gasteiger charge is -2.01. The molecule has 0 spiro atoms. The molecule has 2 heteroatoms. The van der Waals surface area contributed by atoms with Crippen molar-refractivity contribution < 1.29 is 0 Å². The molecule has 50 valence electrons. The van der Waals surface area contributed by atoms with Gasteiger partial charge in [-0.25, -0.2) is 0 Å². The Kier molecular flexibility index (Phi) is 2.22. The number of thioether (sulfide) groups is 1. The SMILES string of the molecule is C/C=C\C1=CSC(C)N1. The summed E-state index contributed by atoms with van der Waals surface area (Å²) in [6, 6.07) is 0. The molecular weight excluding hydrogens is 130 g/mol. The zero-order chi connectivity index (χ0) is 6.69. The van der Waals surface area contributed by atoms with Gasteiger partial charge in [0.2, 0.25) is 0 Å². The molecule has 0 aromatic heterocycles. The van der Waals surface area contributed by atoms with Gasteiger partial charge in [-0.1, -0.05) is 6.08 Å². The van der Waals surface area contributed by atoms with Crippen molar-refractivity contribution in [2.75, 3.05) is 0 Å². The first-order valence-corrected chi connectivity index (χ1v) is 4.02. The fourth-order valence-electron chi connectivity index (χ4n) is 0.745. The summed E-state index contributed by atoms with van der Waals surface area (Å²) in [6.07, 6.45) is 4.12. The van der Waals surface area contributed by atoms with Crippen molar-refractivity contribution in [3.05, 3.63) is 23.3 Å². The fraction of sp³-hybridized carbons (Fsp3) is 0.429. The highest BCUT2D eigenvalue weighted by Crippen LogP contribution is 2.19. The lowest BCUT2D eigenvalue weighted by atomic mass is 10.4. The molecule has 0 saturated heterocycles. The van der Waals surface area contributed by atoms with Crippen LogP contribution >= 0.6 is 11.8 Å². The molecule has 1 unspecified atom stereocenters. The fourth-order valence-corrected chi connectivity index (χ4v) is 1.45. The summed E-state index contributed by atoms with van der Waals surface area (Å²) < 4.78 is 0. The Labute approximate surface area is 60.2 Å². The molecule has 0 amide bonds. The molecule has 0 fully saturated rings. The van der Waals surface area contributed by atoms with Crippen molar-refractivity contribution in [1.82, 2.24) is 5.32 Å². The summed E-state index contributed by atoms with van der Waals surface area (Å²) in [4.78, 5) is 0. The summed E-state index contributed by atoms with van der Waals surface area (Å²) in [7, 11) is 0. The smallest absolute Gasteiger partial charge is 0.0735 e. The maximum Gasteiger partial charge on any atom is 0.0735 e. The molecule has 1 heterocycles. The van der Waals surface area contributed by atoms with Crippen molar-refractivity contribution in [2.45, 2.75) is 19.2 Å². The molecule has 1 atom stereocenters. The minimum atomic E-state index is 0.552. The first-order chi connectivity index (χ1) is 4.33. The molecule has 9 heavy (non-hydrogen) atoms. The number of hydrogen-bond donors (Lipinski definition) is 1. The van der Waals surface area contributed by atoms with Crippen LogP contribution in [0.5, 0.6) is 0 Å². The number of hydrogen-bond acceptors (Lipinski definition) is 2. The average Bonchev–Trinajstić information content (AvgIpc) is 2.17. The van der Waals surface area contributed by atoms with Crippen LogP contribution in [0.2, 0.25) is 0 Å². The lowest BCUT2D eigenvalue weighted by Crippen LogP contribution is -2.14. The van der Waals surface area contributed by atoms with E-state index in [2.05, 4.69) is 23.7 Å². The molecule has 0 bridgehead atoms. The summed E-state index contributed by atoms with van der Waals surface area (Å²) in [5.74, 6) is 0. The molecule has 0 aromatic carbocycles. The predicted octanol–water partition coefficient (Wildman–Crippen LogP) is 2.09. The monoisotopic (exact) mass is 141 g/mol. The number of nitrogens with one attached hydrogen (secondary N) is 1. The van der Waals surface area contributed by atoms with Crippen molar-refractivity contribution in [3.63, 3.8) is 0 Å². The molecule has 1 aliphatic rings. The highest BCUT2D eigenvalue weighted by atomic mass is 32.2. The maximum absolute atomic E-state index is 3.29. The van der Waals surface area contributed by atoms with Gasteiger partial charge in [0.1, 0.15) is 0 Å². The molecule has 0 saturated carbocycles. The van der Waals surface area contributed by atoms with E-state index < -0.39 is 0 Å². The Hall–Kier alpha value is -0.370. The van der Waals surface area contributed by atoms with E-state index in [-0.39, 0.29) is 0 Å². The largest absolute Gasteiger partial charge is 0.373 e. The first-order valence-electron chi connectivity index (χ1n) is 3.08. The van der Waals surface area contributed by atoms with E-state index >= 15 is 0 Å². The van der Waals surface area contributed by atoms with Gasteiger partial charge in [-0.05, 0) is 25.3 Å². The van der Waals surface area contributed by atoms with Crippen LogP contribution in [-0.4, -0.2) is 5.37 Å². The maximum atomic E-state index is 3.29. The van der Waals surface area contributed by atoms with Gasteiger partial charge >= 0.3 is 0 Å². The lowest BCUT2D eigenvalue weighted by molar-refractivity contribution is 0.841. The van der Waals surface area contributed by atoms with Crippen LogP contribution in [0.4, 0.5) is 0 Å². The summed E-state index contributed by atoms with van der Waals surface area (Å²) >= 11 is 1.82. The third kappa shape index (κ3) is 1.79. The van der Waals surface area contributed by atoms with Crippen LogP contribution < -0.4 is 5.32 Å². The number of rotatable bonds is 1. The zero-order valence-corrected chi connectivity index (χ0v) is 6.53. The van der Waals surface area contributed by atoms with Crippen LogP contribution in [0.15, 0.2) is 23.3 Å². The quantitative estimate of drug-likeness (QED) is 0.600. The predicted molar refractivity (Wildman–Crippen MR) is 43.1 cm³/mol. The van der Waals surface area contributed by atoms with Crippen LogP contribution in [0.1, 0.15) is 13.8 Å². The summed E-state index contributed by atoms with van der Waals surface area (Å²) in [6.45, 7) is 4.17. The Morgan fingerprint density at radius 1 is 1.78 bits per heavy atom. The molecule has 0 radical (unpaired) electrons. The van der Waals surface area contributed by atoms with Gasteiger partial charge in [0.15, 0.2) is 0 Å². The van der Waals surface area contributed by atoms with Crippen LogP contribution in [-0.2, 0) is 0 Å². The van der Waals surface area contributed by atoms with E-state index in [0.717, 1.165) is 0 Å². The highest BCUT2D eigenvalue weighted by molar-refractivity contribution is 8.02. The topological polar surface area (TPSA) is 12.0 Å². The van der Waals surface area contributed by atoms with E-state index in [0.29, 0.717) is 5.37 Å². The van der Waals surface area contributed by atoms with E-state index in [9.17, 15) is 0 Å². The van der Waals surface area contributed by atoms with Crippen molar-refractivity contribution in [2.24, 2.45) is 0 Å². The molecule has 1 N–H and O–H groups in total. The van der Waals surface area contributed by atoms with Gasteiger partial charge in [-0.3, -0.25) is 0 Å². The van der Waals surface area contributed by atoms with Crippen molar-refractivity contribution in [1.29, 1.82) is 0 Å². The van der Waals surface area contributed by atoms with Gasteiger partial charge in [0.05, 0.1) is 5.37 Å². The zero-order valence-electron chi connectivity index (χ0n) is 5.72. The standard InChI is InChI=1S/C7H11NS/c1-3-4-7-5-9-6(2)8-7/h3-6,8H,1-2H3/b4-3-. The normalized spacial score (nSPS) is 26.4. The molecule has 1 rings (SSSR count). The summed E-state index contributed by atoms with van der Waals surface area (Å²) in [5, 5.41) is 5.99.